The van der Waals surface area contributed by atoms with Gasteiger partial charge in [-0.1, -0.05) is 44.5 Å². The Morgan fingerprint density at radius 2 is 1.56 bits per heavy atom. The highest BCUT2D eigenvalue weighted by Crippen LogP contribution is 2.34. The number of hydrogen-bond donors (Lipinski definition) is 2. The van der Waals surface area contributed by atoms with E-state index in [0.717, 1.165) is 15.9 Å². The Morgan fingerprint density at radius 3 is 2.00 bits per heavy atom. The number of hydrogen-bond acceptors (Lipinski definition) is 4. The van der Waals surface area contributed by atoms with Crippen LogP contribution in [-0.2, 0) is 20.2 Å². The molecule has 0 aliphatic heterocycles. The number of alkyl halides is 3. The van der Waals surface area contributed by atoms with Gasteiger partial charge in [-0.25, -0.2) is 8.42 Å². The molecule has 0 spiro atoms. The molecule has 2 aromatic rings. The maximum atomic E-state index is 13.0. The Morgan fingerprint density at radius 1 is 1.03 bits per heavy atom. The van der Waals surface area contributed by atoms with E-state index in [1.54, 1.807) is 12.1 Å². The fourth-order valence-electron chi connectivity index (χ4n) is 2.60. The summed E-state index contributed by atoms with van der Waals surface area (Å²) in [5.41, 5.74) is -2.93. The van der Waals surface area contributed by atoms with Crippen LogP contribution in [0.5, 0.6) is 0 Å². The molecule has 0 fully saturated rings. The predicted octanol–water partition coefficient (Wildman–Crippen LogP) is 4.71. The van der Waals surface area contributed by atoms with Crippen LogP contribution in [0.15, 0.2) is 47.4 Å². The van der Waals surface area contributed by atoms with Crippen molar-refractivity contribution in [3.8, 4) is 0 Å². The minimum Gasteiger partial charge on any atom is -0.373 e. The van der Waals surface area contributed by atoms with Gasteiger partial charge in [-0.2, -0.15) is 13.2 Å². The first-order chi connectivity index (χ1) is 14.4. The molecule has 2 N–H and O–H groups in total. The molecule has 0 aromatic heterocycles. The zero-order valence-electron chi connectivity index (χ0n) is 18.1. The fourth-order valence-corrected chi connectivity index (χ4v) is 4.01. The summed E-state index contributed by atoms with van der Waals surface area (Å²) >= 11 is 6.05. The van der Waals surface area contributed by atoms with Crippen molar-refractivity contribution < 1.29 is 31.5 Å². The second kappa shape index (κ2) is 8.57. The Balaban J connectivity index is 2.29. The van der Waals surface area contributed by atoms with Gasteiger partial charge in [-0.3, -0.25) is 9.10 Å². The van der Waals surface area contributed by atoms with Gasteiger partial charge in [0, 0.05) is 7.05 Å². The summed E-state index contributed by atoms with van der Waals surface area (Å²) in [5.74, 6) is -1.72. The van der Waals surface area contributed by atoms with Gasteiger partial charge in [0.15, 0.2) is 0 Å². The molecule has 0 aliphatic carbocycles. The van der Waals surface area contributed by atoms with E-state index in [9.17, 15) is 31.5 Å². The van der Waals surface area contributed by atoms with Gasteiger partial charge in [0.05, 0.1) is 21.3 Å². The second-order valence-electron chi connectivity index (χ2n) is 8.44. The van der Waals surface area contributed by atoms with Crippen molar-refractivity contribution in [2.75, 3.05) is 16.7 Å². The first-order valence-corrected chi connectivity index (χ1v) is 11.2. The van der Waals surface area contributed by atoms with Gasteiger partial charge >= 0.3 is 6.18 Å². The lowest BCUT2D eigenvalue weighted by molar-refractivity contribution is -0.242. The number of halogens is 4. The molecule has 32 heavy (non-hydrogen) atoms. The summed E-state index contributed by atoms with van der Waals surface area (Å²) < 4.78 is 65.4. The van der Waals surface area contributed by atoms with E-state index in [1.807, 2.05) is 26.1 Å². The summed E-state index contributed by atoms with van der Waals surface area (Å²) in [7, 11) is -2.65. The molecule has 2 aromatic carbocycles. The van der Waals surface area contributed by atoms with Crippen molar-refractivity contribution in [1.29, 1.82) is 0 Å². The molecule has 176 valence electrons. The summed E-state index contributed by atoms with van der Waals surface area (Å²) in [5, 5.41) is 11.1. The monoisotopic (exact) mass is 492 g/mol. The minimum atomic E-state index is -5.19. The second-order valence-corrected chi connectivity index (χ2v) is 10.8. The van der Waals surface area contributed by atoms with Gasteiger partial charge in [0.1, 0.15) is 0 Å². The summed E-state index contributed by atoms with van der Waals surface area (Å²) in [6.07, 6.45) is -5.19. The van der Waals surface area contributed by atoms with Crippen LogP contribution in [0, 0.1) is 0 Å². The van der Waals surface area contributed by atoms with Gasteiger partial charge in [0.2, 0.25) is 5.60 Å². The lowest BCUT2D eigenvalue weighted by Gasteiger charge is -2.25. The molecule has 0 aliphatic rings. The van der Waals surface area contributed by atoms with Crippen molar-refractivity contribution in [1.82, 2.24) is 0 Å². The normalized spacial score (nSPS) is 14.6. The van der Waals surface area contributed by atoms with Gasteiger partial charge < -0.3 is 10.4 Å². The standard InChI is InChI=1S/C21H24ClF3N2O4S/c1-19(2,3)13-6-9-15(10-7-13)32(30,31)27(5)14-8-11-17(16(22)12-14)26-18(28)20(4,29)21(23,24)25/h6-12,29H,1-5H3,(H,26,28)/t20-/m1/s1. The number of benzene rings is 2. The van der Waals surface area contributed by atoms with E-state index >= 15 is 0 Å². The lowest BCUT2D eigenvalue weighted by atomic mass is 9.87. The fraction of sp³-hybridized carbons (Fsp3) is 0.381. The number of sulfonamides is 1. The largest absolute Gasteiger partial charge is 0.426 e. The smallest absolute Gasteiger partial charge is 0.373 e. The number of amides is 1. The van der Waals surface area contributed by atoms with Crippen molar-refractivity contribution in [2.45, 2.75) is 49.8 Å². The molecular formula is C21H24ClF3N2O4S. The quantitative estimate of drug-likeness (QED) is 0.632. The van der Waals surface area contributed by atoms with Crippen LogP contribution in [0.25, 0.3) is 0 Å². The number of nitrogens with zero attached hydrogens (tertiary/aromatic N) is 1. The molecule has 11 heteroatoms. The molecule has 0 saturated carbocycles. The van der Waals surface area contributed by atoms with Crippen LogP contribution < -0.4 is 9.62 Å². The number of nitrogens with one attached hydrogen (secondary N) is 1. The highest BCUT2D eigenvalue weighted by atomic mass is 35.5. The van der Waals surface area contributed by atoms with Crippen molar-refractivity contribution in [3.05, 3.63) is 53.1 Å². The Bertz CT molecular complexity index is 1110. The molecule has 0 unspecified atom stereocenters. The number of carbonyl (C=O) groups is 1. The van der Waals surface area contributed by atoms with E-state index < -0.39 is 27.7 Å². The van der Waals surface area contributed by atoms with E-state index in [-0.39, 0.29) is 26.7 Å². The van der Waals surface area contributed by atoms with E-state index in [1.165, 1.54) is 31.3 Å². The van der Waals surface area contributed by atoms with Crippen molar-refractivity contribution in [2.24, 2.45) is 0 Å². The van der Waals surface area contributed by atoms with Crippen LogP contribution in [0.4, 0.5) is 24.5 Å². The highest BCUT2D eigenvalue weighted by molar-refractivity contribution is 7.92. The molecular weight excluding hydrogens is 469 g/mol. The molecule has 2 rings (SSSR count). The van der Waals surface area contributed by atoms with Crippen LogP contribution >= 0.6 is 11.6 Å². The van der Waals surface area contributed by atoms with Crippen LogP contribution in [0.2, 0.25) is 5.02 Å². The first kappa shape index (κ1) is 26.0. The predicted molar refractivity (Wildman–Crippen MR) is 117 cm³/mol. The molecule has 1 amide bonds. The SMILES string of the molecule is CN(c1ccc(NC(=O)[C@@](C)(O)C(F)(F)F)c(Cl)c1)S(=O)(=O)c1ccc(C(C)(C)C)cc1. The molecule has 6 nitrogen and oxygen atoms in total. The van der Waals surface area contributed by atoms with E-state index in [4.69, 9.17) is 11.6 Å². The number of rotatable bonds is 5. The third-order valence-electron chi connectivity index (χ3n) is 4.94. The zero-order chi connectivity index (χ0) is 24.7. The van der Waals surface area contributed by atoms with Crippen molar-refractivity contribution in [3.63, 3.8) is 0 Å². The summed E-state index contributed by atoms with van der Waals surface area (Å²) in [6.45, 7) is 6.31. The topological polar surface area (TPSA) is 86.7 Å². The minimum absolute atomic E-state index is 0.0442. The molecule has 0 saturated heterocycles. The highest BCUT2D eigenvalue weighted by Gasteiger charge is 2.55. The van der Waals surface area contributed by atoms with Crippen LogP contribution in [0.3, 0.4) is 0 Å². The summed E-state index contributed by atoms with van der Waals surface area (Å²) in [4.78, 5) is 11.9. The Hall–Kier alpha value is -2.30. The maximum Gasteiger partial charge on any atom is 0.426 e. The maximum absolute atomic E-state index is 13.0. The first-order valence-electron chi connectivity index (χ1n) is 9.38. The summed E-state index contributed by atoms with van der Waals surface area (Å²) in [6, 6.07) is 10.0. The number of carbonyl (C=O) groups excluding carboxylic acids is 1. The third kappa shape index (κ3) is 5.19. The van der Waals surface area contributed by atoms with Gasteiger partial charge in [-0.05, 0) is 48.2 Å². The molecule has 1 atom stereocenters. The van der Waals surface area contributed by atoms with Gasteiger partial charge in [-0.15, -0.1) is 0 Å². The number of anilines is 2. The average molecular weight is 493 g/mol. The van der Waals surface area contributed by atoms with E-state index in [2.05, 4.69) is 0 Å². The molecule has 0 bridgehead atoms. The third-order valence-corrected chi connectivity index (χ3v) is 7.05. The lowest BCUT2D eigenvalue weighted by Crippen LogP contribution is -2.52. The Labute approximate surface area is 190 Å². The van der Waals surface area contributed by atoms with E-state index in [0.29, 0.717) is 6.92 Å². The zero-order valence-corrected chi connectivity index (χ0v) is 19.7. The van der Waals surface area contributed by atoms with Crippen LogP contribution in [0.1, 0.15) is 33.3 Å². The Kier molecular flexibility index (Phi) is 6.95. The molecule has 0 heterocycles. The molecule has 0 radical (unpaired) electrons. The van der Waals surface area contributed by atoms with Crippen LogP contribution in [-0.4, -0.2) is 38.3 Å². The average Bonchev–Trinajstić information content (AvgIpc) is 2.67. The van der Waals surface area contributed by atoms with Gasteiger partial charge in [0.25, 0.3) is 15.9 Å². The number of aliphatic hydroxyl groups is 1. The van der Waals surface area contributed by atoms with Crippen molar-refractivity contribution >= 4 is 38.9 Å².